The molecule has 0 aromatic heterocycles. The summed E-state index contributed by atoms with van der Waals surface area (Å²) in [5, 5.41) is 3.70. The summed E-state index contributed by atoms with van der Waals surface area (Å²) in [4.78, 5) is 12.6. The van der Waals surface area contributed by atoms with Gasteiger partial charge in [0, 0.05) is 18.2 Å². The molecule has 3 nitrogen and oxygen atoms in total. The van der Waals surface area contributed by atoms with E-state index in [2.05, 4.69) is 58.3 Å². The van der Waals surface area contributed by atoms with Crippen molar-refractivity contribution in [3.8, 4) is 0 Å². The molecule has 0 unspecified atom stereocenters. The van der Waals surface area contributed by atoms with Gasteiger partial charge >= 0.3 is 0 Å². The van der Waals surface area contributed by atoms with Gasteiger partial charge in [0.05, 0.1) is 6.54 Å². The molecule has 0 aliphatic rings. The van der Waals surface area contributed by atoms with E-state index >= 15 is 0 Å². The molecular formula is C33H59NO2Si. The van der Waals surface area contributed by atoms with Crippen molar-refractivity contribution >= 4 is 14.1 Å². The molecule has 212 valence electrons. The average molecular weight is 530 g/mol. The molecule has 0 spiro atoms. The van der Waals surface area contributed by atoms with Crippen LogP contribution in [0.15, 0.2) is 42.5 Å². The van der Waals surface area contributed by atoms with Gasteiger partial charge in [0.1, 0.15) is 0 Å². The highest BCUT2D eigenvalue weighted by Crippen LogP contribution is 2.36. The minimum atomic E-state index is -1.76. The van der Waals surface area contributed by atoms with Crippen LogP contribution in [0.2, 0.25) is 18.1 Å². The van der Waals surface area contributed by atoms with Crippen molar-refractivity contribution < 1.29 is 9.22 Å². The number of nitrogens with one attached hydrogen (secondary N) is 1. The zero-order valence-electron chi connectivity index (χ0n) is 25.2. The van der Waals surface area contributed by atoms with E-state index in [0.29, 0.717) is 6.54 Å². The summed E-state index contributed by atoms with van der Waals surface area (Å²) < 4.78 is 6.42. The van der Waals surface area contributed by atoms with E-state index in [0.717, 1.165) is 25.0 Å². The van der Waals surface area contributed by atoms with Crippen LogP contribution in [0.4, 0.5) is 0 Å². The van der Waals surface area contributed by atoms with Crippen LogP contribution in [-0.2, 0) is 4.43 Å². The van der Waals surface area contributed by atoms with Crippen molar-refractivity contribution in [2.75, 3.05) is 13.2 Å². The Hall–Kier alpha value is -1.23. The quantitative estimate of drug-likeness (QED) is 0.0703. The fourth-order valence-corrected chi connectivity index (χ4v) is 5.30. The summed E-state index contributed by atoms with van der Waals surface area (Å²) in [5.41, 5.74) is 0.770. The second-order valence-corrected chi connectivity index (χ2v) is 17.1. The number of hydrogen-bond acceptors (Lipinski definition) is 3. The minimum Gasteiger partial charge on any atom is -0.417 e. The van der Waals surface area contributed by atoms with Crippen LogP contribution in [-0.4, -0.2) is 33.3 Å². The Morgan fingerprint density at radius 1 is 0.892 bits per heavy atom. The third-order valence-electron chi connectivity index (χ3n) is 7.91. The van der Waals surface area contributed by atoms with Crippen molar-refractivity contribution in [3.63, 3.8) is 0 Å². The second kappa shape index (κ2) is 19.8. The van der Waals surface area contributed by atoms with E-state index in [4.69, 9.17) is 4.43 Å². The molecule has 4 heteroatoms. The predicted molar refractivity (Wildman–Crippen MR) is 165 cm³/mol. The number of hydrogen-bond donors (Lipinski definition) is 1. The molecule has 1 aromatic rings. The largest absolute Gasteiger partial charge is 0.417 e. The Balaban J connectivity index is 2.34. The first-order chi connectivity index (χ1) is 17.7. The lowest BCUT2D eigenvalue weighted by molar-refractivity contribution is 0.0987. The monoisotopic (exact) mass is 529 g/mol. The summed E-state index contributed by atoms with van der Waals surface area (Å²) in [6.45, 7) is 14.8. The van der Waals surface area contributed by atoms with E-state index in [1.807, 2.05) is 30.3 Å². The number of ketones is 1. The predicted octanol–water partition coefficient (Wildman–Crippen LogP) is 9.89. The molecule has 37 heavy (non-hydrogen) atoms. The first-order valence-corrected chi connectivity index (χ1v) is 18.2. The molecular weight excluding hydrogens is 470 g/mol. The van der Waals surface area contributed by atoms with Crippen LogP contribution in [0.5, 0.6) is 0 Å². The fraction of sp³-hybridized carbons (Fsp3) is 0.727. The fourth-order valence-electron chi connectivity index (χ4n) is 4.24. The third kappa shape index (κ3) is 16.4. The van der Waals surface area contributed by atoms with E-state index < -0.39 is 8.32 Å². The van der Waals surface area contributed by atoms with Gasteiger partial charge in [-0.05, 0) is 37.4 Å². The van der Waals surface area contributed by atoms with Gasteiger partial charge in [0.15, 0.2) is 14.1 Å². The van der Waals surface area contributed by atoms with Crippen molar-refractivity contribution in [1.29, 1.82) is 0 Å². The zero-order chi connectivity index (χ0) is 27.4. The van der Waals surface area contributed by atoms with E-state index in [1.165, 1.54) is 77.0 Å². The maximum absolute atomic E-state index is 12.6. The number of carbonyl (C=O) groups is 1. The van der Waals surface area contributed by atoms with Crippen molar-refractivity contribution in [3.05, 3.63) is 48.0 Å². The Morgan fingerprint density at radius 3 is 1.97 bits per heavy atom. The highest BCUT2D eigenvalue weighted by molar-refractivity contribution is 6.74. The van der Waals surface area contributed by atoms with Crippen LogP contribution in [0.25, 0.3) is 0 Å². The Bertz CT molecular complexity index is 724. The number of unbranched alkanes of at least 4 members (excludes halogenated alkanes) is 12. The number of benzene rings is 1. The molecule has 1 atom stereocenters. The molecule has 0 heterocycles. The number of allylic oxidation sites excluding steroid dienone is 1. The molecule has 0 radical (unpaired) electrons. The molecule has 0 amide bonds. The van der Waals surface area contributed by atoms with Crippen LogP contribution in [0, 0.1) is 0 Å². The van der Waals surface area contributed by atoms with Crippen LogP contribution in [0.1, 0.15) is 128 Å². The first-order valence-electron chi connectivity index (χ1n) is 15.3. The summed E-state index contributed by atoms with van der Waals surface area (Å²) in [6.07, 6.45) is 23.2. The highest BCUT2D eigenvalue weighted by Gasteiger charge is 2.36. The SMILES string of the molecule is CCCCCCCCCCCCCC/C=C/[C@@H](CCO[Si](C)(C)C(C)(C)C)NCC(=O)c1ccccc1. The lowest BCUT2D eigenvalue weighted by Gasteiger charge is -2.36. The van der Waals surface area contributed by atoms with Gasteiger partial charge in [-0.1, -0.05) is 141 Å². The summed E-state index contributed by atoms with van der Waals surface area (Å²) in [6, 6.07) is 9.74. The van der Waals surface area contributed by atoms with Gasteiger partial charge in [-0.25, -0.2) is 0 Å². The zero-order valence-corrected chi connectivity index (χ0v) is 26.2. The molecule has 0 aliphatic carbocycles. The molecule has 1 N–H and O–H groups in total. The number of carbonyl (C=O) groups excluding carboxylic acids is 1. The molecule has 0 fully saturated rings. The van der Waals surface area contributed by atoms with Gasteiger partial charge in [0.2, 0.25) is 0 Å². The molecule has 0 saturated heterocycles. The van der Waals surface area contributed by atoms with E-state index in [-0.39, 0.29) is 16.9 Å². The minimum absolute atomic E-state index is 0.144. The maximum atomic E-state index is 12.6. The molecule has 0 bridgehead atoms. The Kier molecular flexibility index (Phi) is 18.1. The van der Waals surface area contributed by atoms with Gasteiger partial charge in [-0.2, -0.15) is 0 Å². The summed E-state index contributed by atoms with van der Waals surface area (Å²) >= 11 is 0. The Labute approximate surface area is 231 Å². The van der Waals surface area contributed by atoms with Gasteiger partial charge in [-0.15, -0.1) is 0 Å². The van der Waals surface area contributed by atoms with Crippen LogP contribution < -0.4 is 5.32 Å². The molecule has 0 aliphatic heterocycles. The van der Waals surface area contributed by atoms with Gasteiger partial charge < -0.3 is 9.74 Å². The molecule has 1 rings (SSSR count). The van der Waals surface area contributed by atoms with Crippen LogP contribution >= 0.6 is 0 Å². The lowest BCUT2D eigenvalue weighted by Crippen LogP contribution is -2.42. The number of Topliss-reactive ketones (excluding diaryl/α,β-unsaturated/α-hetero) is 1. The van der Waals surface area contributed by atoms with E-state index in [1.54, 1.807) is 0 Å². The summed E-state index contributed by atoms with van der Waals surface area (Å²) in [5.74, 6) is 0.144. The van der Waals surface area contributed by atoms with E-state index in [9.17, 15) is 4.79 Å². The molecule has 1 aromatic carbocycles. The van der Waals surface area contributed by atoms with Crippen LogP contribution in [0.3, 0.4) is 0 Å². The molecule has 0 saturated carbocycles. The average Bonchev–Trinajstić information content (AvgIpc) is 2.86. The van der Waals surface area contributed by atoms with Crippen molar-refractivity contribution in [2.45, 2.75) is 142 Å². The summed E-state index contributed by atoms with van der Waals surface area (Å²) in [7, 11) is -1.76. The second-order valence-electron chi connectivity index (χ2n) is 12.3. The van der Waals surface area contributed by atoms with Crippen molar-refractivity contribution in [2.24, 2.45) is 0 Å². The van der Waals surface area contributed by atoms with Gasteiger partial charge in [-0.3, -0.25) is 4.79 Å². The Morgan fingerprint density at radius 2 is 1.43 bits per heavy atom. The van der Waals surface area contributed by atoms with Crippen molar-refractivity contribution in [1.82, 2.24) is 5.32 Å². The maximum Gasteiger partial charge on any atom is 0.191 e. The third-order valence-corrected chi connectivity index (χ3v) is 12.4. The highest BCUT2D eigenvalue weighted by atomic mass is 28.4. The first kappa shape index (κ1) is 33.8. The normalized spacial score (nSPS) is 13.4. The smallest absolute Gasteiger partial charge is 0.191 e. The topological polar surface area (TPSA) is 38.3 Å². The standard InChI is InChI=1S/C33H59NO2Si/c1-7-8-9-10-11-12-13-14-15-16-17-18-19-23-26-31(27-28-36-37(5,6)33(2,3)4)34-29-32(35)30-24-21-20-22-25-30/h20-26,31,34H,7-19,27-29H2,1-6H3/b26-23+/t31-/m0/s1. The lowest BCUT2D eigenvalue weighted by atomic mass is 10.0. The van der Waals surface area contributed by atoms with Gasteiger partial charge in [0.25, 0.3) is 0 Å². The number of rotatable bonds is 22.